The van der Waals surface area contributed by atoms with Crippen molar-refractivity contribution < 1.29 is 24.9 Å². The van der Waals surface area contributed by atoms with Crippen molar-refractivity contribution in [3.05, 3.63) is 0 Å². The lowest BCUT2D eigenvalue weighted by Crippen LogP contribution is -2.61. The molecule has 0 aromatic rings. The number of piperidine rings is 1. The molecule has 2 rings (SSSR count). The number of rotatable bonds is 4. The van der Waals surface area contributed by atoms with E-state index >= 15 is 0 Å². The van der Waals surface area contributed by atoms with Gasteiger partial charge >= 0.3 is 0 Å². The summed E-state index contributed by atoms with van der Waals surface area (Å²) in [5.41, 5.74) is -2.34. The van der Waals surface area contributed by atoms with Gasteiger partial charge in [0.2, 0.25) is 11.8 Å². The van der Waals surface area contributed by atoms with Crippen molar-refractivity contribution in [2.75, 3.05) is 19.6 Å². The second kappa shape index (κ2) is 7.15. The van der Waals surface area contributed by atoms with Crippen LogP contribution in [-0.4, -0.2) is 69.0 Å². The van der Waals surface area contributed by atoms with Crippen LogP contribution in [-0.2, 0) is 9.59 Å². The van der Waals surface area contributed by atoms with Gasteiger partial charge in [0.15, 0.2) is 0 Å². The van der Waals surface area contributed by atoms with Crippen molar-refractivity contribution in [3.8, 4) is 0 Å². The molecule has 0 aromatic carbocycles. The minimum absolute atomic E-state index is 0.0188. The summed E-state index contributed by atoms with van der Waals surface area (Å²) in [5, 5.41) is 33.6. The average molecular weight is 328 g/mol. The normalized spacial score (nSPS) is 30.8. The molecule has 1 aliphatic heterocycles. The summed E-state index contributed by atoms with van der Waals surface area (Å²) in [7, 11) is 0. The van der Waals surface area contributed by atoms with Crippen LogP contribution in [0.3, 0.4) is 0 Å². The molecule has 7 nitrogen and oxygen atoms in total. The van der Waals surface area contributed by atoms with Gasteiger partial charge < -0.3 is 25.5 Å². The number of carbonyl (C=O) groups is 2. The third kappa shape index (κ3) is 4.65. The fraction of sp³-hybridized carbons (Fsp3) is 0.875. The zero-order valence-corrected chi connectivity index (χ0v) is 13.8. The molecule has 2 atom stereocenters. The van der Waals surface area contributed by atoms with Crippen LogP contribution in [0.5, 0.6) is 0 Å². The molecule has 1 aliphatic carbocycles. The van der Waals surface area contributed by atoms with E-state index in [1.807, 2.05) is 0 Å². The van der Waals surface area contributed by atoms with Crippen LogP contribution in [0.2, 0.25) is 0 Å². The number of aliphatic hydroxyl groups is 3. The van der Waals surface area contributed by atoms with Gasteiger partial charge in [-0.1, -0.05) is 19.3 Å². The molecule has 0 aromatic heterocycles. The Kier molecular flexibility index (Phi) is 5.65. The zero-order valence-electron chi connectivity index (χ0n) is 13.8. The predicted octanol–water partition coefficient (Wildman–Crippen LogP) is -0.468. The highest BCUT2D eigenvalue weighted by molar-refractivity contribution is 5.77. The Balaban J connectivity index is 1.88. The molecule has 0 radical (unpaired) electrons. The number of β-amino-alcohol motifs (C(OH)–C–C–N with tert-alkyl or cyclic N) is 1. The second-order valence-electron chi connectivity index (χ2n) is 7.08. The Hall–Kier alpha value is -1.18. The number of likely N-dealkylation sites (tertiary alicyclic amines) is 1. The maximum absolute atomic E-state index is 12.4. The van der Waals surface area contributed by atoms with E-state index in [1.54, 1.807) is 0 Å². The third-order valence-electron chi connectivity index (χ3n) is 5.09. The Morgan fingerprint density at radius 3 is 2.39 bits per heavy atom. The number of nitrogens with zero attached hydrogens (tertiary/aromatic N) is 1. The Bertz CT molecular complexity index is 450. The summed E-state index contributed by atoms with van der Waals surface area (Å²) in [4.78, 5) is 24.9. The lowest BCUT2D eigenvalue weighted by Gasteiger charge is -2.43. The van der Waals surface area contributed by atoms with Crippen LogP contribution in [0.1, 0.15) is 51.9 Å². The van der Waals surface area contributed by atoms with Crippen LogP contribution in [0, 0.1) is 0 Å². The van der Waals surface area contributed by atoms with E-state index in [-0.39, 0.29) is 37.7 Å². The molecular weight excluding hydrogens is 300 g/mol. The van der Waals surface area contributed by atoms with E-state index in [0.29, 0.717) is 19.4 Å². The van der Waals surface area contributed by atoms with Gasteiger partial charge in [0.1, 0.15) is 11.7 Å². The lowest BCUT2D eigenvalue weighted by molar-refractivity contribution is -0.154. The zero-order chi connectivity index (χ0) is 17.1. The molecule has 23 heavy (non-hydrogen) atoms. The van der Waals surface area contributed by atoms with E-state index in [1.165, 1.54) is 11.8 Å². The maximum Gasteiger partial charge on any atom is 0.225 e. The highest BCUT2D eigenvalue weighted by Crippen LogP contribution is 2.32. The van der Waals surface area contributed by atoms with Crippen LogP contribution in [0.4, 0.5) is 0 Å². The summed E-state index contributed by atoms with van der Waals surface area (Å²) in [6, 6.07) is 0. The van der Waals surface area contributed by atoms with Crippen LogP contribution in [0.25, 0.3) is 0 Å². The van der Waals surface area contributed by atoms with E-state index in [4.69, 9.17) is 0 Å². The van der Waals surface area contributed by atoms with Gasteiger partial charge in [-0.25, -0.2) is 0 Å². The predicted molar refractivity (Wildman–Crippen MR) is 83.5 cm³/mol. The lowest BCUT2D eigenvalue weighted by atomic mass is 9.81. The summed E-state index contributed by atoms with van der Waals surface area (Å²) in [5.74, 6) is -0.460. The fourth-order valence-electron chi connectivity index (χ4n) is 3.46. The van der Waals surface area contributed by atoms with Crippen molar-refractivity contribution in [1.82, 2.24) is 10.2 Å². The minimum atomic E-state index is -1.41. The molecule has 1 saturated carbocycles. The fourth-order valence-corrected chi connectivity index (χ4v) is 3.46. The number of aliphatic hydroxyl groups excluding tert-OH is 1. The summed E-state index contributed by atoms with van der Waals surface area (Å²) < 4.78 is 0. The first kappa shape index (κ1) is 18.2. The smallest absolute Gasteiger partial charge is 0.225 e. The average Bonchev–Trinajstić information content (AvgIpc) is 2.48. The van der Waals surface area contributed by atoms with Gasteiger partial charge in [0.25, 0.3) is 0 Å². The number of carbonyl (C=O) groups excluding carboxylic acids is 2. The van der Waals surface area contributed by atoms with Crippen LogP contribution in [0.15, 0.2) is 0 Å². The van der Waals surface area contributed by atoms with Crippen molar-refractivity contribution in [1.29, 1.82) is 0 Å². The summed E-state index contributed by atoms with van der Waals surface area (Å²) in [6.07, 6.45) is 3.39. The van der Waals surface area contributed by atoms with Gasteiger partial charge in [-0.3, -0.25) is 9.59 Å². The molecule has 1 saturated heterocycles. The highest BCUT2D eigenvalue weighted by atomic mass is 16.3. The standard InChI is InChI=1S/C16H28N2O5/c1-12(19)17-11-16(23)7-8-18(10-13(16)20)14(21)9-15(22)5-3-2-4-6-15/h13,20,22-23H,2-11H2,1H3,(H,17,19)/t13-,16-/m1/s1. The first-order chi connectivity index (χ1) is 10.7. The number of amides is 2. The molecule has 7 heteroatoms. The summed E-state index contributed by atoms with van der Waals surface area (Å²) >= 11 is 0. The highest BCUT2D eigenvalue weighted by Gasteiger charge is 2.43. The first-order valence-electron chi connectivity index (χ1n) is 8.39. The molecule has 0 bridgehead atoms. The molecule has 1 heterocycles. The van der Waals surface area contributed by atoms with Crippen molar-refractivity contribution in [2.45, 2.75) is 69.2 Å². The van der Waals surface area contributed by atoms with E-state index in [9.17, 15) is 24.9 Å². The Morgan fingerprint density at radius 2 is 1.83 bits per heavy atom. The second-order valence-corrected chi connectivity index (χ2v) is 7.08. The molecule has 2 aliphatic rings. The van der Waals surface area contributed by atoms with Crippen molar-refractivity contribution in [2.24, 2.45) is 0 Å². The molecule has 132 valence electrons. The summed E-state index contributed by atoms with van der Waals surface area (Å²) in [6.45, 7) is 1.64. The molecule has 2 fully saturated rings. The molecule has 0 unspecified atom stereocenters. The van der Waals surface area contributed by atoms with E-state index < -0.39 is 17.3 Å². The molecular formula is C16H28N2O5. The third-order valence-corrected chi connectivity index (χ3v) is 5.09. The van der Waals surface area contributed by atoms with Gasteiger partial charge in [0.05, 0.1) is 12.0 Å². The van der Waals surface area contributed by atoms with Crippen LogP contribution < -0.4 is 5.32 Å². The monoisotopic (exact) mass is 328 g/mol. The number of hydrogen-bond acceptors (Lipinski definition) is 5. The topological polar surface area (TPSA) is 110 Å². The van der Waals surface area contributed by atoms with Gasteiger partial charge in [0, 0.05) is 26.6 Å². The Morgan fingerprint density at radius 1 is 1.17 bits per heavy atom. The number of nitrogens with one attached hydrogen (secondary N) is 1. The molecule has 4 N–H and O–H groups in total. The quantitative estimate of drug-likeness (QED) is 0.558. The largest absolute Gasteiger partial charge is 0.389 e. The maximum atomic E-state index is 12.4. The molecule has 0 spiro atoms. The van der Waals surface area contributed by atoms with E-state index in [0.717, 1.165) is 19.3 Å². The van der Waals surface area contributed by atoms with Crippen LogP contribution >= 0.6 is 0 Å². The number of hydrogen-bond donors (Lipinski definition) is 4. The first-order valence-corrected chi connectivity index (χ1v) is 8.39. The van der Waals surface area contributed by atoms with E-state index in [2.05, 4.69) is 5.32 Å². The van der Waals surface area contributed by atoms with Crippen molar-refractivity contribution >= 4 is 11.8 Å². The minimum Gasteiger partial charge on any atom is -0.389 e. The Labute approximate surface area is 136 Å². The van der Waals surface area contributed by atoms with Gasteiger partial charge in [-0.05, 0) is 19.3 Å². The van der Waals surface area contributed by atoms with Gasteiger partial charge in [-0.15, -0.1) is 0 Å². The van der Waals surface area contributed by atoms with Gasteiger partial charge in [-0.2, -0.15) is 0 Å². The SMILES string of the molecule is CC(=O)NC[C@]1(O)CCN(C(=O)CC2(O)CCCCC2)C[C@H]1O. The van der Waals surface area contributed by atoms with Crippen molar-refractivity contribution in [3.63, 3.8) is 0 Å². The molecule has 2 amide bonds.